The molecule has 0 saturated heterocycles. The van der Waals surface area contributed by atoms with Gasteiger partial charge < -0.3 is 15.4 Å². The van der Waals surface area contributed by atoms with Gasteiger partial charge in [-0.3, -0.25) is 14.4 Å². The topological polar surface area (TPSA) is 84.5 Å². The van der Waals surface area contributed by atoms with Crippen LogP contribution in [0, 0.1) is 11.6 Å². The molecular formula is C22H24F2N2O4. The number of esters is 1. The van der Waals surface area contributed by atoms with Crippen molar-refractivity contribution >= 4 is 23.5 Å². The number of amides is 2. The highest BCUT2D eigenvalue weighted by Crippen LogP contribution is 2.28. The Morgan fingerprint density at radius 3 is 2.30 bits per heavy atom. The predicted octanol–water partition coefficient (Wildman–Crippen LogP) is 3.32. The summed E-state index contributed by atoms with van der Waals surface area (Å²) >= 11 is 0. The lowest BCUT2D eigenvalue weighted by Crippen LogP contribution is -2.42. The van der Waals surface area contributed by atoms with E-state index in [0.717, 1.165) is 12.1 Å². The summed E-state index contributed by atoms with van der Waals surface area (Å²) < 4.78 is 31.3. The number of methoxy groups -OCH3 is 1. The normalized spacial score (nSPS) is 12.6. The minimum absolute atomic E-state index is 0.159. The van der Waals surface area contributed by atoms with E-state index >= 15 is 0 Å². The van der Waals surface area contributed by atoms with Crippen LogP contribution in [0.2, 0.25) is 0 Å². The first-order chi connectivity index (χ1) is 14.2. The van der Waals surface area contributed by atoms with Gasteiger partial charge in [0.25, 0.3) is 0 Å². The molecular weight excluding hydrogens is 394 g/mol. The number of carbonyl (C=O) groups is 3. The van der Waals surface area contributed by atoms with Crippen molar-refractivity contribution in [3.63, 3.8) is 0 Å². The van der Waals surface area contributed by atoms with Crippen molar-refractivity contribution in [1.29, 1.82) is 0 Å². The molecule has 0 heterocycles. The molecule has 0 aliphatic heterocycles. The quantitative estimate of drug-likeness (QED) is 0.644. The Bertz CT molecular complexity index is 913. The van der Waals surface area contributed by atoms with Crippen LogP contribution in [0.15, 0.2) is 42.5 Å². The Kier molecular flexibility index (Phi) is 8.03. The van der Waals surface area contributed by atoms with Gasteiger partial charge in [-0.25, -0.2) is 8.78 Å². The van der Waals surface area contributed by atoms with Crippen LogP contribution in [0.1, 0.15) is 37.3 Å². The van der Waals surface area contributed by atoms with E-state index in [4.69, 9.17) is 4.74 Å². The third kappa shape index (κ3) is 6.10. The summed E-state index contributed by atoms with van der Waals surface area (Å²) in [6.45, 7) is 3.32. The summed E-state index contributed by atoms with van der Waals surface area (Å²) in [5.41, 5.74) is 1.20. The zero-order valence-electron chi connectivity index (χ0n) is 17.0. The number of hydrogen-bond donors (Lipinski definition) is 2. The second kappa shape index (κ2) is 10.5. The molecule has 0 fully saturated rings. The Balaban J connectivity index is 2.05. The SMILES string of the molecule is CC[C@H](C(=O)OC)c1ccccc1NC(=O)[C@H](C)NC(=O)Cc1cc(F)cc(F)c1. The number of rotatable bonds is 8. The van der Waals surface area contributed by atoms with E-state index in [2.05, 4.69) is 10.6 Å². The smallest absolute Gasteiger partial charge is 0.313 e. The molecule has 0 saturated carbocycles. The van der Waals surface area contributed by atoms with Crippen molar-refractivity contribution in [2.45, 2.75) is 38.6 Å². The predicted molar refractivity (Wildman–Crippen MR) is 108 cm³/mol. The number of benzene rings is 2. The van der Waals surface area contributed by atoms with Crippen molar-refractivity contribution < 1.29 is 27.9 Å². The molecule has 2 N–H and O–H groups in total. The Labute approximate surface area is 173 Å². The third-order valence-electron chi connectivity index (χ3n) is 4.55. The lowest BCUT2D eigenvalue weighted by molar-refractivity contribution is -0.142. The van der Waals surface area contributed by atoms with Gasteiger partial charge in [0, 0.05) is 11.8 Å². The van der Waals surface area contributed by atoms with Crippen LogP contribution in [0.4, 0.5) is 14.5 Å². The van der Waals surface area contributed by atoms with Gasteiger partial charge in [-0.05, 0) is 42.7 Å². The molecule has 8 heteroatoms. The van der Waals surface area contributed by atoms with E-state index in [9.17, 15) is 23.2 Å². The average molecular weight is 418 g/mol. The minimum atomic E-state index is -0.915. The minimum Gasteiger partial charge on any atom is -0.469 e. The number of anilines is 1. The number of halogens is 2. The van der Waals surface area contributed by atoms with Gasteiger partial charge in [-0.2, -0.15) is 0 Å². The van der Waals surface area contributed by atoms with Crippen molar-refractivity contribution in [2.24, 2.45) is 0 Å². The molecule has 2 rings (SSSR count). The second-order valence-corrected chi connectivity index (χ2v) is 6.80. The lowest BCUT2D eigenvalue weighted by atomic mass is 9.94. The van der Waals surface area contributed by atoms with Crippen molar-refractivity contribution in [3.8, 4) is 0 Å². The molecule has 0 bridgehead atoms. The molecule has 2 amide bonds. The number of nitrogens with one attached hydrogen (secondary N) is 2. The first kappa shape index (κ1) is 23.0. The third-order valence-corrected chi connectivity index (χ3v) is 4.55. The summed E-state index contributed by atoms with van der Waals surface area (Å²) in [6, 6.07) is 8.76. The second-order valence-electron chi connectivity index (χ2n) is 6.80. The van der Waals surface area contributed by atoms with Crippen molar-refractivity contribution in [1.82, 2.24) is 5.32 Å². The van der Waals surface area contributed by atoms with Gasteiger partial charge in [0.05, 0.1) is 19.4 Å². The van der Waals surface area contributed by atoms with E-state index < -0.39 is 41.4 Å². The van der Waals surface area contributed by atoms with Crippen LogP contribution in [0.3, 0.4) is 0 Å². The number of para-hydroxylation sites is 1. The summed E-state index contributed by atoms with van der Waals surface area (Å²) in [4.78, 5) is 36.7. The Morgan fingerprint density at radius 1 is 1.07 bits per heavy atom. The maximum absolute atomic E-state index is 13.3. The van der Waals surface area contributed by atoms with Gasteiger partial charge in [0.15, 0.2) is 0 Å². The van der Waals surface area contributed by atoms with E-state index in [-0.39, 0.29) is 12.0 Å². The van der Waals surface area contributed by atoms with Crippen molar-refractivity contribution in [3.05, 3.63) is 65.2 Å². The molecule has 160 valence electrons. The van der Waals surface area contributed by atoms with Gasteiger partial charge in [-0.1, -0.05) is 25.1 Å². The van der Waals surface area contributed by atoms with E-state index in [1.807, 2.05) is 6.92 Å². The Hall–Kier alpha value is -3.29. The van der Waals surface area contributed by atoms with Gasteiger partial charge in [0.1, 0.15) is 17.7 Å². The van der Waals surface area contributed by atoms with Crippen LogP contribution in [-0.4, -0.2) is 30.9 Å². The zero-order chi connectivity index (χ0) is 22.3. The van der Waals surface area contributed by atoms with E-state index in [0.29, 0.717) is 23.7 Å². The lowest BCUT2D eigenvalue weighted by Gasteiger charge is -2.19. The fourth-order valence-corrected chi connectivity index (χ4v) is 3.07. The molecule has 0 unspecified atom stereocenters. The molecule has 0 aliphatic carbocycles. The molecule has 30 heavy (non-hydrogen) atoms. The highest BCUT2D eigenvalue weighted by Gasteiger charge is 2.24. The van der Waals surface area contributed by atoms with E-state index in [1.54, 1.807) is 24.3 Å². The van der Waals surface area contributed by atoms with Crippen LogP contribution >= 0.6 is 0 Å². The summed E-state index contributed by atoms with van der Waals surface area (Å²) in [7, 11) is 1.30. The van der Waals surface area contributed by atoms with Crippen LogP contribution in [-0.2, 0) is 25.5 Å². The summed E-state index contributed by atoms with van der Waals surface area (Å²) in [5, 5.41) is 5.21. The van der Waals surface area contributed by atoms with E-state index in [1.165, 1.54) is 14.0 Å². The number of ether oxygens (including phenoxy) is 1. The average Bonchev–Trinajstić information content (AvgIpc) is 2.68. The maximum Gasteiger partial charge on any atom is 0.313 e. The summed E-state index contributed by atoms with van der Waals surface area (Å²) in [6.07, 6.45) is 0.208. The number of carbonyl (C=O) groups excluding carboxylic acids is 3. The summed E-state index contributed by atoms with van der Waals surface area (Å²) in [5.74, 6) is -3.58. The Morgan fingerprint density at radius 2 is 1.70 bits per heavy atom. The standard InChI is InChI=1S/C22H24F2N2O4/c1-4-17(22(29)30-3)18-7-5-6-8-19(18)26-21(28)13(2)25-20(27)11-14-9-15(23)12-16(24)10-14/h5-10,12-13,17H,4,11H2,1-3H3,(H,25,27)(H,26,28)/t13-,17-/m0/s1. The molecule has 2 atom stereocenters. The van der Waals surface area contributed by atoms with Crippen molar-refractivity contribution in [2.75, 3.05) is 12.4 Å². The molecule has 0 aliphatic rings. The highest BCUT2D eigenvalue weighted by molar-refractivity contribution is 5.98. The van der Waals surface area contributed by atoms with Gasteiger partial charge in [0.2, 0.25) is 11.8 Å². The first-order valence-electron chi connectivity index (χ1n) is 9.47. The first-order valence-corrected chi connectivity index (χ1v) is 9.47. The largest absolute Gasteiger partial charge is 0.469 e. The zero-order valence-corrected chi connectivity index (χ0v) is 17.0. The van der Waals surface area contributed by atoms with Crippen LogP contribution in [0.25, 0.3) is 0 Å². The fraction of sp³-hybridized carbons (Fsp3) is 0.318. The van der Waals surface area contributed by atoms with Crippen LogP contribution in [0.5, 0.6) is 0 Å². The van der Waals surface area contributed by atoms with Crippen LogP contribution < -0.4 is 10.6 Å². The molecule has 2 aromatic carbocycles. The molecule has 0 aromatic heterocycles. The number of hydrogen-bond acceptors (Lipinski definition) is 4. The molecule has 0 radical (unpaired) electrons. The van der Waals surface area contributed by atoms with Gasteiger partial charge >= 0.3 is 5.97 Å². The highest BCUT2D eigenvalue weighted by atomic mass is 19.1. The molecule has 0 spiro atoms. The molecule has 2 aromatic rings. The van der Waals surface area contributed by atoms with Gasteiger partial charge in [-0.15, -0.1) is 0 Å². The monoisotopic (exact) mass is 418 g/mol. The maximum atomic E-state index is 13.3. The molecule has 6 nitrogen and oxygen atoms in total. The fourth-order valence-electron chi connectivity index (χ4n) is 3.07.